The van der Waals surface area contributed by atoms with Gasteiger partial charge >= 0.3 is 0 Å². The molecule has 2 fully saturated rings. The molecule has 0 bridgehead atoms. The Morgan fingerprint density at radius 1 is 0.893 bits per heavy atom. The monoisotopic (exact) mass is 376 g/mol. The number of anilines is 1. The Kier molecular flexibility index (Phi) is 5.47. The van der Waals surface area contributed by atoms with E-state index in [0.717, 1.165) is 19.4 Å². The van der Waals surface area contributed by atoms with E-state index in [1.807, 2.05) is 42.5 Å². The van der Waals surface area contributed by atoms with E-state index >= 15 is 0 Å². The molecule has 1 heterocycles. The number of piperidine rings is 1. The Labute approximate surface area is 166 Å². The van der Waals surface area contributed by atoms with Crippen LogP contribution in [0.2, 0.25) is 0 Å². The van der Waals surface area contributed by atoms with Crippen molar-refractivity contribution in [3.63, 3.8) is 0 Å². The van der Waals surface area contributed by atoms with Crippen molar-refractivity contribution in [3.8, 4) is 0 Å². The molecular formula is C24H28N2O2. The summed E-state index contributed by atoms with van der Waals surface area (Å²) in [5.74, 6) is 1.35. The summed E-state index contributed by atoms with van der Waals surface area (Å²) in [4.78, 5) is 27.5. The lowest BCUT2D eigenvalue weighted by molar-refractivity contribution is 0.0218. The smallest absolute Gasteiger partial charge is 0.255 e. The molecule has 4 rings (SSSR count). The van der Waals surface area contributed by atoms with E-state index in [1.165, 1.54) is 19.3 Å². The predicted molar refractivity (Wildman–Crippen MR) is 111 cm³/mol. The average molecular weight is 377 g/mol. The zero-order chi connectivity index (χ0) is 19.5. The zero-order valence-corrected chi connectivity index (χ0v) is 16.4. The van der Waals surface area contributed by atoms with E-state index in [2.05, 4.69) is 17.1 Å². The fraction of sp³-hybridized carbons (Fsp3) is 0.417. The van der Waals surface area contributed by atoms with E-state index in [9.17, 15) is 9.59 Å². The van der Waals surface area contributed by atoms with Crippen molar-refractivity contribution in [1.29, 1.82) is 0 Å². The summed E-state index contributed by atoms with van der Waals surface area (Å²) >= 11 is 0. The fourth-order valence-corrected chi connectivity index (χ4v) is 4.82. The molecule has 3 atom stereocenters. The normalized spacial score (nSPS) is 24.3. The summed E-state index contributed by atoms with van der Waals surface area (Å²) in [6.07, 6.45) is 6.00. The number of hydrogen-bond donors (Lipinski definition) is 1. The number of hydrogen-bond acceptors (Lipinski definition) is 2. The molecule has 1 aliphatic carbocycles. The van der Waals surface area contributed by atoms with E-state index in [4.69, 9.17) is 0 Å². The molecule has 4 nitrogen and oxygen atoms in total. The van der Waals surface area contributed by atoms with Gasteiger partial charge < -0.3 is 10.2 Å². The van der Waals surface area contributed by atoms with Crippen LogP contribution in [0.15, 0.2) is 54.6 Å². The van der Waals surface area contributed by atoms with Gasteiger partial charge in [-0.05, 0) is 67.5 Å². The molecule has 1 N–H and O–H groups in total. The van der Waals surface area contributed by atoms with Crippen LogP contribution in [0.1, 0.15) is 59.7 Å². The van der Waals surface area contributed by atoms with Crippen LogP contribution in [-0.2, 0) is 0 Å². The summed E-state index contributed by atoms with van der Waals surface area (Å²) in [7, 11) is 0. The second kappa shape index (κ2) is 8.17. The Hall–Kier alpha value is -2.62. The first kappa shape index (κ1) is 18.7. The Bertz CT molecular complexity index is 831. The minimum absolute atomic E-state index is 0.129. The second-order valence-electron chi connectivity index (χ2n) is 8.18. The van der Waals surface area contributed by atoms with E-state index in [-0.39, 0.29) is 11.8 Å². The van der Waals surface area contributed by atoms with Gasteiger partial charge in [0, 0.05) is 29.4 Å². The van der Waals surface area contributed by atoms with Crippen molar-refractivity contribution >= 4 is 17.5 Å². The number of nitrogens with zero attached hydrogens (tertiary/aromatic N) is 1. The van der Waals surface area contributed by atoms with Gasteiger partial charge in [0.25, 0.3) is 11.8 Å². The van der Waals surface area contributed by atoms with E-state index < -0.39 is 0 Å². The summed E-state index contributed by atoms with van der Waals surface area (Å²) in [5.41, 5.74) is 2.03. The van der Waals surface area contributed by atoms with Gasteiger partial charge in [0.05, 0.1) is 0 Å². The van der Waals surface area contributed by atoms with Crippen LogP contribution in [0.25, 0.3) is 0 Å². The third kappa shape index (κ3) is 3.82. The van der Waals surface area contributed by atoms with Crippen LogP contribution < -0.4 is 5.32 Å². The summed E-state index contributed by atoms with van der Waals surface area (Å²) in [6.45, 7) is 3.20. The first-order valence-electron chi connectivity index (χ1n) is 10.4. The first-order chi connectivity index (χ1) is 13.6. The molecule has 2 aliphatic rings. The lowest BCUT2D eigenvalue weighted by atomic mass is 9.72. The predicted octanol–water partition coefficient (Wildman–Crippen LogP) is 4.98. The quantitative estimate of drug-likeness (QED) is 0.821. The third-order valence-corrected chi connectivity index (χ3v) is 6.42. The summed E-state index contributed by atoms with van der Waals surface area (Å²) in [5, 5.41) is 2.89. The highest BCUT2D eigenvalue weighted by Gasteiger charge is 2.39. The largest absolute Gasteiger partial charge is 0.335 e. The molecule has 2 amide bonds. The fourth-order valence-electron chi connectivity index (χ4n) is 4.82. The van der Waals surface area contributed by atoms with Gasteiger partial charge in [0.1, 0.15) is 0 Å². The minimum atomic E-state index is -0.144. The van der Waals surface area contributed by atoms with E-state index in [0.29, 0.717) is 34.7 Å². The molecule has 3 unspecified atom stereocenters. The standard InChI is InChI=1S/C24H28N2O2/c1-17-15-16-26(22-10-6-5-9-21(17)22)24(28)19-11-13-20(14-12-19)25-23(27)18-7-3-2-4-8-18/h2-4,7-8,11-14,17,21-22H,5-6,9-10,15-16H2,1H3,(H,25,27). The molecule has 4 heteroatoms. The van der Waals surface area contributed by atoms with Crippen molar-refractivity contribution in [3.05, 3.63) is 65.7 Å². The minimum Gasteiger partial charge on any atom is -0.335 e. The number of carbonyl (C=O) groups excluding carboxylic acids is 2. The zero-order valence-electron chi connectivity index (χ0n) is 16.4. The highest BCUT2D eigenvalue weighted by Crippen LogP contribution is 2.39. The van der Waals surface area contributed by atoms with Crippen molar-refractivity contribution in [2.75, 3.05) is 11.9 Å². The lowest BCUT2D eigenvalue weighted by Crippen LogP contribution is -2.52. The van der Waals surface area contributed by atoms with Crippen LogP contribution in [-0.4, -0.2) is 29.3 Å². The summed E-state index contributed by atoms with van der Waals surface area (Å²) < 4.78 is 0. The van der Waals surface area contributed by atoms with Gasteiger partial charge in [0.15, 0.2) is 0 Å². The van der Waals surface area contributed by atoms with Crippen molar-refractivity contribution < 1.29 is 9.59 Å². The van der Waals surface area contributed by atoms with Crippen LogP contribution in [0, 0.1) is 11.8 Å². The molecular weight excluding hydrogens is 348 g/mol. The van der Waals surface area contributed by atoms with Gasteiger partial charge in [-0.2, -0.15) is 0 Å². The van der Waals surface area contributed by atoms with Crippen LogP contribution >= 0.6 is 0 Å². The maximum atomic E-state index is 13.2. The molecule has 0 aromatic heterocycles. The van der Waals surface area contributed by atoms with Crippen molar-refractivity contribution in [2.45, 2.75) is 45.1 Å². The van der Waals surface area contributed by atoms with Crippen LogP contribution in [0.5, 0.6) is 0 Å². The molecule has 146 valence electrons. The number of rotatable bonds is 3. The lowest BCUT2D eigenvalue weighted by Gasteiger charge is -2.47. The molecule has 1 saturated carbocycles. The maximum Gasteiger partial charge on any atom is 0.255 e. The Morgan fingerprint density at radius 3 is 2.36 bits per heavy atom. The van der Waals surface area contributed by atoms with Gasteiger partial charge in [0.2, 0.25) is 0 Å². The molecule has 1 saturated heterocycles. The number of likely N-dealkylation sites (tertiary alicyclic amines) is 1. The van der Waals surface area contributed by atoms with Gasteiger partial charge in [-0.3, -0.25) is 9.59 Å². The average Bonchev–Trinajstić information content (AvgIpc) is 2.75. The molecule has 28 heavy (non-hydrogen) atoms. The SMILES string of the molecule is CC1CCN(C(=O)c2ccc(NC(=O)c3ccccc3)cc2)C2CCCCC12. The topological polar surface area (TPSA) is 49.4 Å². The second-order valence-corrected chi connectivity index (χ2v) is 8.18. The number of fused-ring (bicyclic) bond motifs is 1. The number of amides is 2. The molecule has 2 aromatic carbocycles. The molecule has 2 aromatic rings. The van der Waals surface area contributed by atoms with Gasteiger partial charge in [-0.15, -0.1) is 0 Å². The van der Waals surface area contributed by atoms with E-state index in [1.54, 1.807) is 12.1 Å². The molecule has 0 spiro atoms. The number of carbonyl (C=O) groups is 2. The number of nitrogens with one attached hydrogen (secondary N) is 1. The van der Waals surface area contributed by atoms with Crippen LogP contribution in [0.4, 0.5) is 5.69 Å². The molecule has 0 radical (unpaired) electrons. The van der Waals surface area contributed by atoms with Crippen molar-refractivity contribution in [1.82, 2.24) is 4.90 Å². The summed E-state index contributed by atoms with van der Waals surface area (Å²) in [6, 6.07) is 16.8. The highest BCUT2D eigenvalue weighted by molar-refractivity contribution is 6.04. The highest BCUT2D eigenvalue weighted by atomic mass is 16.2. The Morgan fingerprint density at radius 2 is 1.61 bits per heavy atom. The Balaban J connectivity index is 1.44. The number of benzene rings is 2. The van der Waals surface area contributed by atoms with Crippen LogP contribution in [0.3, 0.4) is 0 Å². The molecule has 1 aliphatic heterocycles. The first-order valence-corrected chi connectivity index (χ1v) is 10.4. The third-order valence-electron chi connectivity index (χ3n) is 6.42. The van der Waals surface area contributed by atoms with Gasteiger partial charge in [-0.25, -0.2) is 0 Å². The van der Waals surface area contributed by atoms with Gasteiger partial charge in [-0.1, -0.05) is 38.0 Å². The van der Waals surface area contributed by atoms with Crippen molar-refractivity contribution in [2.24, 2.45) is 11.8 Å². The maximum absolute atomic E-state index is 13.2.